The number of hydrogen-bond donors (Lipinski definition) is 2. The minimum Gasteiger partial charge on any atom is -0.353 e. The monoisotopic (exact) mass is 291 g/mol. The van der Waals surface area contributed by atoms with Crippen LogP contribution in [0.4, 0.5) is 11.4 Å². The van der Waals surface area contributed by atoms with E-state index in [1.54, 1.807) is 0 Å². The first-order valence-electron chi connectivity index (χ1n) is 5.17. The lowest BCUT2D eigenvalue weighted by molar-refractivity contribution is -0.383. The molecule has 2 N–H and O–H groups in total. The third-order valence-corrected chi connectivity index (χ3v) is 2.57. The zero-order valence-corrected chi connectivity index (χ0v) is 10.5. The van der Waals surface area contributed by atoms with E-state index in [0.717, 1.165) is 0 Å². The van der Waals surface area contributed by atoms with Crippen LogP contribution >= 0.6 is 11.6 Å². The van der Waals surface area contributed by atoms with Crippen LogP contribution in [0.1, 0.15) is 5.82 Å². The van der Waals surface area contributed by atoms with E-state index in [4.69, 9.17) is 16.9 Å². The number of rotatable bonds is 4. The number of aromatic nitrogens is 4. The molecule has 1 aromatic carbocycles. The molecule has 0 spiro atoms. The van der Waals surface area contributed by atoms with E-state index in [1.165, 1.54) is 24.4 Å². The molecule has 0 bridgehead atoms. The molecule has 20 heavy (non-hydrogen) atoms. The molecule has 9 nitrogen and oxygen atoms in total. The Morgan fingerprint density at radius 3 is 3.00 bits per heavy atom. The Kier molecular flexibility index (Phi) is 3.88. The van der Waals surface area contributed by atoms with Crippen LogP contribution in [0.15, 0.2) is 24.4 Å². The van der Waals surface area contributed by atoms with E-state index in [1.807, 2.05) is 6.07 Å². The Morgan fingerprint density at radius 2 is 2.40 bits per heavy atom. The van der Waals surface area contributed by atoms with Crippen molar-refractivity contribution < 1.29 is 4.92 Å². The molecule has 0 atom stereocenters. The lowest BCUT2D eigenvalue weighted by atomic mass is 10.2. The first-order valence-corrected chi connectivity index (χ1v) is 5.55. The summed E-state index contributed by atoms with van der Waals surface area (Å²) in [5.74, 6) is 0.0645. The number of hydrogen-bond acceptors (Lipinski definition) is 7. The summed E-state index contributed by atoms with van der Waals surface area (Å²) >= 11 is 5.90. The predicted octanol–water partition coefficient (Wildman–Crippen LogP) is 1.74. The van der Waals surface area contributed by atoms with Crippen molar-refractivity contribution in [2.45, 2.75) is 0 Å². The largest absolute Gasteiger partial charge is 0.353 e. The molecule has 0 aliphatic heterocycles. The highest BCUT2D eigenvalue weighted by molar-refractivity contribution is 6.33. The Bertz CT molecular complexity index is 705. The summed E-state index contributed by atoms with van der Waals surface area (Å²) in [6.07, 6.45) is 1.22. The lowest BCUT2D eigenvalue weighted by Gasteiger charge is -2.04. The van der Waals surface area contributed by atoms with Crippen LogP contribution < -0.4 is 5.32 Å². The van der Waals surface area contributed by atoms with Gasteiger partial charge in [-0.3, -0.25) is 10.1 Å². The van der Waals surface area contributed by atoms with Crippen molar-refractivity contribution in [2.24, 2.45) is 0 Å². The maximum Gasteiger partial charge on any atom is 0.294 e. The van der Waals surface area contributed by atoms with Crippen molar-refractivity contribution in [3.05, 3.63) is 45.4 Å². The van der Waals surface area contributed by atoms with Gasteiger partial charge in [-0.1, -0.05) is 17.7 Å². The molecule has 0 amide bonds. The maximum absolute atomic E-state index is 10.9. The van der Waals surface area contributed by atoms with Gasteiger partial charge in [0.2, 0.25) is 5.82 Å². The van der Waals surface area contributed by atoms with Gasteiger partial charge in [0.25, 0.3) is 5.69 Å². The van der Waals surface area contributed by atoms with Gasteiger partial charge in [-0.2, -0.15) is 10.5 Å². The second kappa shape index (κ2) is 5.77. The SMILES string of the molecule is N#CC(=CNc1c(Cl)cccc1[N+](=O)[O-])c1nn[nH]n1. The smallest absolute Gasteiger partial charge is 0.294 e. The van der Waals surface area contributed by atoms with Crippen molar-refractivity contribution in [3.63, 3.8) is 0 Å². The van der Waals surface area contributed by atoms with Gasteiger partial charge in [0, 0.05) is 12.3 Å². The third-order valence-electron chi connectivity index (χ3n) is 2.26. The van der Waals surface area contributed by atoms with Crippen LogP contribution in [0.2, 0.25) is 5.02 Å². The molecule has 0 radical (unpaired) electrons. The van der Waals surface area contributed by atoms with Gasteiger partial charge in [-0.05, 0) is 11.3 Å². The Labute approximate surface area is 117 Å². The molecular formula is C10H6ClN7O2. The average Bonchev–Trinajstić information content (AvgIpc) is 2.94. The molecule has 0 saturated carbocycles. The molecule has 0 aliphatic carbocycles. The number of allylic oxidation sites excluding steroid dienone is 1. The molecule has 10 heteroatoms. The molecular weight excluding hydrogens is 286 g/mol. The number of halogens is 1. The number of nitrogens with one attached hydrogen (secondary N) is 2. The number of para-hydroxylation sites is 1. The number of nitriles is 1. The van der Waals surface area contributed by atoms with Crippen LogP contribution in [0.5, 0.6) is 0 Å². The third kappa shape index (κ3) is 2.70. The van der Waals surface area contributed by atoms with Crippen LogP contribution in [0.25, 0.3) is 5.57 Å². The molecule has 0 saturated heterocycles. The molecule has 0 fully saturated rings. The summed E-state index contributed by atoms with van der Waals surface area (Å²) in [5, 5.41) is 35.4. The number of H-pyrrole nitrogens is 1. The number of anilines is 1. The summed E-state index contributed by atoms with van der Waals surface area (Å²) in [5.41, 5.74) is -0.0810. The summed E-state index contributed by atoms with van der Waals surface area (Å²) in [7, 11) is 0. The van der Waals surface area contributed by atoms with Crippen LogP contribution in [0, 0.1) is 21.4 Å². The van der Waals surface area contributed by atoms with Crippen LogP contribution in [0.3, 0.4) is 0 Å². The van der Waals surface area contributed by atoms with Gasteiger partial charge >= 0.3 is 0 Å². The second-order valence-electron chi connectivity index (χ2n) is 3.44. The van der Waals surface area contributed by atoms with E-state index >= 15 is 0 Å². The van der Waals surface area contributed by atoms with Gasteiger partial charge in [-0.15, -0.1) is 10.2 Å². The van der Waals surface area contributed by atoms with E-state index in [-0.39, 0.29) is 27.8 Å². The number of nitro benzene ring substituents is 1. The fourth-order valence-electron chi connectivity index (χ4n) is 1.37. The molecule has 1 heterocycles. The van der Waals surface area contributed by atoms with Gasteiger partial charge in [-0.25, -0.2) is 0 Å². The van der Waals surface area contributed by atoms with Gasteiger partial charge in [0.1, 0.15) is 17.3 Å². The van der Waals surface area contributed by atoms with Crippen molar-refractivity contribution in [3.8, 4) is 6.07 Å². The standard InChI is InChI=1S/C10H6ClN7O2/c11-7-2-1-3-8(18(19)20)9(7)13-5-6(4-12)10-14-16-17-15-10/h1-3,5,13H,(H,14,15,16,17). The molecule has 2 aromatic rings. The van der Waals surface area contributed by atoms with Crippen molar-refractivity contribution in [2.75, 3.05) is 5.32 Å². The number of nitro groups is 1. The minimum atomic E-state index is -0.581. The normalized spacial score (nSPS) is 10.9. The van der Waals surface area contributed by atoms with E-state index < -0.39 is 4.92 Å². The zero-order valence-electron chi connectivity index (χ0n) is 9.74. The lowest BCUT2D eigenvalue weighted by Crippen LogP contribution is -1.98. The molecule has 0 unspecified atom stereocenters. The number of nitrogens with zero attached hydrogens (tertiary/aromatic N) is 5. The van der Waals surface area contributed by atoms with Crippen molar-refractivity contribution >= 4 is 28.5 Å². The molecule has 1 aromatic heterocycles. The topological polar surface area (TPSA) is 133 Å². The van der Waals surface area contributed by atoms with E-state index in [2.05, 4.69) is 25.9 Å². The zero-order chi connectivity index (χ0) is 14.5. The highest BCUT2D eigenvalue weighted by atomic mass is 35.5. The molecule has 100 valence electrons. The van der Waals surface area contributed by atoms with Crippen LogP contribution in [-0.4, -0.2) is 25.5 Å². The van der Waals surface area contributed by atoms with Gasteiger partial charge in [0.15, 0.2) is 0 Å². The quantitative estimate of drug-likeness (QED) is 0.497. The number of benzene rings is 1. The fourth-order valence-corrected chi connectivity index (χ4v) is 1.60. The summed E-state index contributed by atoms with van der Waals surface area (Å²) in [4.78, 5) is 10.3. The second-order valence-corrected chi connectivity index (χ2v) is 3.85. The Hall–Kier alpha value is -2.99. The Morgan fingerprint density at radius 1 is 1.60 bits per heavy atom. The molecule has 2 rings (SSSR count). The predicted molar refractivity (Wildman–Crippen MR) is 69.5 cm³/mol. The minimum absolute atomic E-state index is 0.0490. The van der Waals surface area contributed by atoms with E-state index in [9.17, 15) is 10.1 Å². The van der Waals surface area contributed by atoms with Gasteiger partial charge in [0.05, 0.1) is 9.95 Å². The summed E-state index contributed by atoms with van der Waals surface area (Å²) < 4.78 is 0. The maximum atomic E-state index is 10.9. The number of tetrazole rings is 1. The van der Waals surface area contributed by atoms with Crippen molar-refractivity contribution in [1.82, 2.24) is 20.6 Å². The number of aromatic amines is 1. The van der Waals surface area contributed by atoms with Crippen LogP contribution in [-0.2, 0) is 0 Å². The fraction of sp³-hybridized carbons (Fsp3) is 0. The highest BCUT2D eigenvalue weighted by Gasteiger charge is 2.16. The van der Waals surface area contributed by atoms with E-state index in [0.29, 0.717) is 0 Å². The summed E-state index contributed by atoms with van der Waals surface area (Å²) in [6.45, 7) is 0. The Balaban J connectivity index is 2.36. The molecule has 0 aliphatic rings. The average molecular weight is 292 g/mol. The van der Waals surface area contributed by atoms with Crippen molar-refractivity contribution in [1.29, 1.82) is 5.26 Å². The first kappa shape index (κ1) is 13.4. The van der Waals surface area contributed by atoms with Gasteiger partial charge < -0.3 is 5.32 Å². The first-order chi connectivity index (χ1) is 9.63. The highest BCUT2D eigenvalue weighted by Crippen LogP contribution is 2.32. The summed E-state index contributed by atoms with van der Waals surface area (Å²) in [6, 6.07) is 6.09.